The molecule has 2 aromatic rings. The molecule has 2 rings (SSSR count). The van der Waals surface area contributed by atoms with E-state index in [1.807, 2.05) is 0 Å². The smallest absolute Gasteiger partial charge is 0.166 e. The monoisotopic (exact) mass is 382 g/mol. The number of alkyl halides is 1. The van der Waals surface area contributed by atoms with Crippen molar-refractivity contribution in [3.8, 4) is 11.5 Å². The van der Waals surface area contributed by atoms with Crippen molar-refractivity contribution in [1.29, 1.82) is 0 Å². The molecule has 0 fully saturated rings. The first-order valence-corrected chi connectivity index (χ1v) is 7.43. The Labute approximate surface area is 133 Å². The van der Waals surface area contributed by atoms with Crippen LogP contribution in [0, 0.1) is 5.82 Å². The lowest BCUT2D eigenvalue weighted by Crippen LogP contribution is -1.91. The highest BCUT2D eigenvalue weighted by Crippen LogP contribution is 2.37. The van der Waals surface area contributed by atoms with E-state index in [1.165, 1.54) is 24.3 Å². The minimum absolute atomic E-state index is 0.0741. The summed E-state index contributed by atoms with van der Waals surface area (Å²) in [6, 6.07) is 7.56. The highest BCUT2D eigenvalue weighted by Gasteiger charge is 2.11. The molecule has 0 aliphatic carbocycles. The van der Waals surface area contributed by atoms with Crippen molar-refractivity contribution < 1.29 is 9.13 Å². The van der Waals surface area contributed by atoms with Crippen LogP contribution in [0.25, 0.3) is 0 Å². The SMILES string of the molecule is Fc1cc(CBr)ccc1Oc1cc(Cl)c(Cl)cc1Cl. The Balaban J connectivity index is 2.33. The van der Waals surface area contributed by atoms with Gasteiger partial charge in [0.05, 0.1) is 15.1 Å². The summed E-state index contributed by atoms with van der Waals surface area (Å²) in [5, 5.41) is 1.43. The second-order valence-corrected chi connectivity index (χ2v) is 5.48. The van der Waals surface area contributed by atoms with Crippen molar-refractivity contribution >= 4 is 50.7 Å². The number of hydrogen-bond donors (Lipinski definition) is 0. The molecule has 0 unspecified atom stereocenters. The molecule has 2 aromatic carbocycles. The molecule has 1 nitrogen and oxygen atoms in total. The van der Waals surface area contributed by atoms with Crippen LogP contribution in [0.2, 0.25) is 15.1 Å². The molecule has 19 heavy (non-hydrogen) atoms. The van der Waals surface area contributed by atoms with Crippen LogP contribution in [0.15, 0.2) is 30.3 Å². The number of rotatable bonds is 3. The number of hydrogen-bond acceptors (Lipinski definition) is 1. The minimum atomic E-state index is -0.473. The first kappa shape index (κ1) is 14.9. The second kappa shape index (κ2) is 6.31. The van der Waals surface area contributed by atoms with E-state index in [-0.39, 0.29) is 16.5 Å². The molecular formula is C13H7BrCl3FO. The lowest BCUT2D eigenvalue weighted by molar-refractivity contribution is 0.442. The van der Waals surface area contributed by atoms with E-state index >= 15 is 0 Å². The summed E-state index contributed by atoms with van der Waals surface area (Å²) in [6.45, 7) is 0. The fraction of sp³-hybridized carbons (Fsp3) is 0.0769. The maximum atomic E-state index is 13.8. The molecule has 0 atom stereocenters. The van der Waals surface area contributed by atoms with Gasteiger partial charge in [0.1, 0.15) is 5.75 Å². The molecule has 0 aromatic heterocycles. The van der Waals surface area contributed by atoms with Crippen LogP contribution in [0.3, 0.4) is 0 Å². The summed E-state index contributed by atoms with van der Waals surface area (Å²) >= 11 is 20.9. The van der Waals surface area contributed by atoms with Gasteiger partial charge in [0.15, 0.2) is 11.6 Å². The molecule has 0 amide bonds. The van der Waals surface area contributed by atoms with Crippen LogP contribution in [0.4, 0.5) is 4.39 Å². The average molecular weight is 384 g/mol. The van der Waals surface area contributed by atoms with Gasteiger partial charge in [-0.2, -0.15) is 0 Å². The zero-order chi connectivity index (χ0) is 14.0. The Morgan fingerprint density at radius 3 is 2.26 bits per heavy atom. The quantitative estimate of drug-likeness (QED) is 0.435. The molecule has 100 valence electrons. The summed E-state index contributed by atoms with van der Waals surface area (Å²) < 4.78 is 19.2. The molecule has 0 saturated carbocycles. The van der Waals surface area contributed by atoms with Gasteiger partial charge in [-0.15, -0.1) is 0 Å². The van der Waals surface area contributed by atoms with E-state index in [0.717, 1.165) is 5.56 Å². The van der Waals surface area contributed by atoms with Gasteiger partial charge in [0.2, 0.25) is 0 Å². The second-order valence-electron chi connectivity index (χ2n) is 3.70. The number of ether oxygens (including phenoxy) is 1. The minimum Gasteiger partial charge on any atom is -0.453 e. The van der Waals surface area contributed by atoms with Crippen LogP contribution < -0.4 is 4.74 Å². The van der Waals surface area contributed by atoms with E-state index in [4.69, 9.17) is 39.5 Å². The van der Waals surface area contributed by atoms with Crippen molar-refractivity contribution in [3.05, 3.63) is 56.8 Å². The Hall–Kier alpha value is -0.480. The van der Waals surface area contributed by atoms with Gasteiger partial charge < -0.3 is 4.74 Å². The normalized spacial score (nSPS) is 10.6. The molecule has 0 aliphatic rings. The predicted molar refractivity (Wildman–Crippen MR) is 80.6 cm³/mol. The number of benzene rings is 2. The Bertz CT molecular complexity index is 619. The summed E-state index contributed by atoms with van der Waals surface area (Å²) in [5.41, 5.74) is 0.810. The van der Waals surface area contributed by atoms with Gasteiger partial charge >= 0.3 is 0 Å². The number of halogens is 5. The summed E-state index contributed by atoms with van der Waals surface area (Å²) in [4.78, 5) is 0. The van der Waals surface area contributed by atoms with Crippen LogP contribution >= 0.6 is 50.7 Å². The Kier molecular flexibility index (Phi) is 4.96. The van der Waals surface area contributed by atoms with E-state index in [2.05, 4.69) is 15.9 Å². The largest absolute Gasteiger partial charge is 0.453 e. The van der Waals surface area contributed by atoms with Crippen molar-refractivity contribution in [1.82, 2.24) is 0 Å². The molecule has 0 spiro atoms. The van der Waals surface area contributed by atoms with Crippen molar-refractivity contribution in [2.75, 3.05) is 0 Å². The van der Waals surface area contributed by atoms with E-state index < -0.39 is 5.82 Å². The Morgan fingerprint density at radius 1 is 0.947 bits per heavy atom. The van der Waals surface area contributed by atoms with E-state index in [0.29, 0.717) is 15.4 Å². The van der Waals surface area contributed by atoms with Gasteiger partial charge in [-0.3, -0.25) is 0 Å². The molecule has 0 heterocycles. The zero-order valence-corrected chi connectivity index (χ0v) is 13.2. The molecule has 0 bridgehead atoms. The van der Waals surface area contributed by atoms with Gasteiger partial charge in [-0.25, -0.2) is 4.39 Å². The molecule has 6 heteroatoms. The fourth-order valence-electron chi connectivity index (χ4n) is 1.41. The molecular weight excluding hydrogens is 377 g/mol. The van der Waals surface area contributed by atoms with Crippen LogP contribution in [-0.4, -0.2) is 0 Å². The standard InChI is InChI=1S/C13H7BrCl3FO/c14-6-7-1-2-12(11(18)3-7)19-13-5-9(16)8(15)4-10(13)17/h1-5H,6H2. The molecule has 0 radical (unpaired) electrons. The predicted octanol–water partition coefficient (Wildman–Crippen LogP) is 6.47. The third kappa shape index (κ3) is 3.54. The summed E-state index contributed by atoms with van der Waals surface area (Å²) in [7, 11) is 0. The van der Waals surface area contributed by atoms with E-state index in [1.54, 1.807) is 6.07 Å². The first-order chi connectivity index (χ1) is 9.01. The zero-order valence-electron chi connectivity index (χ0n) is 9.39. The van der Waals surface area contributed by atoms with Gasteiger partial charge in [-0.05, 0) is 23.8 Å². The third-order valence-electron chi connectivity index (χ3n) is 2.35. The highest BCUT2D eigenvalue weighted by atomic mass is 79.9. The summed E-state index contributed by atoms with van der Waals surface area (Å²) in [6.07, 6.45) is 0. The third-order valence-corrected chi connectivity index (χ3v) is 4.01. The lowest BCUT2D eigenvalue weighted by Gasteiger charge is -2.10. The van der Waals surface area contributed by atoms with Crippen molar-refractivity contribution in [3.63, 3.8) is 0 Å². The van der Waals surface area contributed by atoms with Crippen LogP contribution in [0.1, 0.15) is 5.56 Å². The average Bonchev–Trinajstić information content (AvgIpc) is 2.38. The fourth-order valence-corrected chi connectivity index (χ4v) is 2.34. The molecule has 0 N–H and O–H groups in total. The first-order valence-electron chi connectivity index (χ1n) is 5.18. The van der Waals surface area contributed by atoms with Crippen molar-refractivity contribution in [2.24, 2.45) is 0 Å². The maximum absolute atomic E-state index is 13.8. The summed E-state index contributed by atoms with van der Waals surface area (Å²) in [5.74, 6) is -0.148. The topological polar surface area (TPSA) is 9.23 Å². The van der Waals surface area contributed by atoms with Crippen LogP contribution in [-0.2, 0) is 5.33 Å². The van der Waals surface area contributed by atoms with Crippen molar-refractivity contribution in [2.45, 2.75) is 5.33 Å². The molecule has 0 saturated heterocycles. The Morgan fingerprint density at radius 2 is 1.63 bits per heavy atom. The lowest BCUT2D eigenvalue weighted by atomic mass is 10.2. The van der Waals surface area contributed by atoms with E-state index in [9.17, 15) is 4.39 Å². The highest BCUT2D eigenvalue weighted by molar-refractivity contribution is 9.08. The molecule has 0 aliphatic heterocycles. The van der Waals surface area contributed by atoms with Gasteiger partial charge in [-0.1, -0.05) is 56.8 Å². The van der Waals surface area contributed by atoms with Crippen LogP contribution in [0.5, 0.6) is 11.5 Å². The maximum Gasteiger partial charge on any atom is 0.166 e. The van der Waals surface area contributed by atoms with Gasteiger partial charge in [0.25, 0.3) is 0 Å². The van der Waals surface area contributed by atoms with Gasteiger partial charge in [0, 0.05) is 11.4 Å².